The molecule has 1 heterocycles. The van der Waals surface area contributed by atoms with Crippen molar-refractivity contribution in [3.8, 4) is 11.3 Å². The monoisotopic (exact) mass is 283 g/mol. The number of aryl methyl sites for hydroxylation is 1. The van der Waals surface area contributed by atoms with E-state index in [0.29, 0.717) is 0 Å². The minimum absolute atomic E-state index is 0.0343. The van der Waals surface area contributed by atoms with E-state index in [-0.39, 0.29) is 6.61 Å². The summed E-state index contributed by atoms with van der Waals surface area (Å²) in [6, 6.07) is 8.12. The van der Waals surface area contributed by atoms with Crippen LogP contribution in [0.1, 0.15) is 10.4 Å². The van der Waals surface area contributed by atoms with Crippen LogP contribution in [0.25, 0.3) is 11.3 Å². The Morgan fingerprint density at radius 2 is 2.27 bits per heavy atom. The molecular formula is C11H10BrNOS. The first-order valence-corrected chi connectivity index (χ1v) is 6.15. The van der Waals surface area contributed by atoms with Gasteiger partial charge in [0.1, 0.15) is 0 Å². The fraction of sp³-hybridized carbons (Fsp3) is 0.182. The average Bonchev–Trinajstić information content (AvgIpc) is 2.59. The molecule has 1 aromatic heterocycles. The molecule has 0 atom stereocenters. The third-order valence-corrected chi connectivity index (χ3v) is 3.60. The van der Waals surface area contributed by atoms with Crippen LogP contribution >= 0.6 is 27.3 Å². The predicted octanol–water partition coefficient (Wildman–Crippen LogP) is 3.37. The Hall–Kier alpha value is -0.710. The molecule has 2 aromatic rings. The Balaban J connectivity index is 2.53. The zero-order valence-corrected chi connectivity index (χ0v) is 10.6. The summed E-state index contributed by atoms with van der Waals surface area (Å²) in [5.74, 6) is 0. The van der Waals surface area contributed by atoms with Gasteiger partial charge in [-0.2, -0.15) is 0 Å². The third-order valence-electron chi connectivity index (χ3n) is 2.11. The summed E-state index contributed by atoms with van der Waals surface area (Å²) < 4.78 is 0.808. The molecule has 1 aromatic carbocycles. The largest absolute Gasteiger partial charge is 0.391 e. The van der Waals surface area contributed by atoms with E-state index in [1.165, 1.54) is 16.9 Å². The van der Waals surface area contributed by atoms with Gasteiger partial charge in [0.25, 0.3) is 0 Å². The lowest BCUT2D eigenvalue weighted by molar-refractivity contribution is 0.286. The molecule has 0 fully saturated rings. The number of aliphatic hydroxyl groups excluding tert-OH is 1. The van der Waals surface area contributed by atoms with Gasteiger partial charge >= 0.3 is 0 Å². The summed E-state index contributed by atoms with van der Waals surface area (Å²) >= 11 is 4.81. The molecule has 0 radical (unpaired) electrons. The maximum Gasteiger partial charge on any atom is 0.160 e. The van der Waals surface area contributed by atoms with Gasteiger partial charge < -0.3 is 5.11 Å². The molecule has 0 bridgehead atoms. The van der Waals surface area contributed by atoms with Gasteiger partial charge in [0.15, 0.2) is 3.92 Å². The maximum absolute atomic E-state index is 9.21. The van der Waals surface area contributed by atoms with Crippen molar-refractivity contribution in [1.82, 2.24) is 4.98 Å². The van der Waals surface area contributed by atoms with Crippen LogP contribution in [0.5, 0.6) is 0 Å². The highest BCUT2D eigenvalue weighted by Gasteiger charge is 2.10. The number of halogens is 1. The number of benzene rings is 1. The highest BCUT2D eigenvalue weighted by atomic mass is 79.9. The van der Waals surface area contributed by atoms with Crippen LogP contribution in [0.2, 0.25) is 0 Å². The Kier molecular flexibility index (Phi) is 3.19. The maximum atomic E-state index is 9.21. The van der Waals surface area contributed by atoms with Crippen molar-refractivity contribution >= 4 is 27.3 Å². The Labute approximate surface area is 101 Å². The number of thiazole rings is 1. The van der Waals surface area contributed by atoms with E-state index >= 15 is 0 Å². The average molecular weight is 284 g/mol. The molecule has 0 unspecified atom stereocenters. The van der Waals surface area contributed by atoms with Crippen molar-refractivity contribution in [2.45, 2.75) is 13.5 Å². The van der Waals surface area contributed by atoms with E-state index in [9.17, 15) is 5.11 Å². The van der Waals surface area contributed by atoms with Gasteiger partial charge in [-0.05, 0) is 28.9 Å². The highest BCUT2D eigenvalue weighted by molar-refractivity contribution is 9.11. The van der Waals surface area contributed by atoms with Crippen LogP contribution in [-0.2, 0) is 6.61 Å². The van der Waals surface area contributed by atoms with Gasteiger partial charge in [0.05, 0.1) is 17.2 Å². The summed E-state index contributed by atoms with van der Waals surface area (Å²) in [6.45, 7) is 2.08. The van der Waals surface area contributed by atoms with Crippen molar-refractivity contribution < 1.29 is 5.11 Å². The van der Waals surface area contributed by atoms with Gasteiger partial charge in [-0.1, -0.05) is 23.8 Å². The molecule has 78 valence electrons. The van der Waals surface area contributed by atoms with Gasteiger partial charge in [0.2, 0.25) is 0 Å². The fourth-order valence-electron chi connectivity index (χ4n) is 1.45. The zero-order valence-electron chi connectivity index (χ0n) is 8.20. The van der Waals surface area contributed by atoms with E-state index in [1.54, 1.807) is 0 Å². The van der Waals surface area contributed by atoms with Crippen LogP contribution < -0.4 is 0 Å². The Bertz CT molecular complexity index is 481. The summed E-state index contributed by atoms with van der Waals surface area (Å²) in [5, 5.41) is 9.21. The van der Waals surface area contributed by atoms with Crippen molar-refractivity contribution in [2.75, 3.05) is 0 Å². The standard InChI is InChI=1S/C11H10BrNOS/c1-7-3-2-4-8(5-7)10-9(6-14)15-11(12)13-10/h2-5,14H,6H2,1H3. The molecule has 0 saturated carbocycles. The lowest BCUT2D eigenvalue weighted by Crippen LogP contribution is -1.85. The molecule has 0 aliphatic carbocycles. The molecule has 4 heteroatoms. The van der Waals surface area contributed by atoms with E-state index in [1.807, 2.05) is 25.1 Å². The number of aromatic nitrogens is 1. The SMILES string of the molecule is Cc1cccc(-c2nc(Br)sc2CO)c1. The molecule has 0 aliphatic heterocycles. The molecule has 0 amide bonds. The number of hydrogen-bond donors (Lipinski definition) is 1. The van der Waals surface area contributed by atoms with Crippen LogP contribution in [0.3, 0.4) is 0 Å². The fourth-order valence-corrected chi connectivity index (χ4v) is 2.88. The molecule has 2 rings (SSSR count). The molecular weight excluding hydrogens is 274 g/mol. The summed E-state index contributed by atoms with van der Waals surface area (Å²) in [4.78, 5) is 5.26. The minimum atomic E-state index is 0.0343. The molecule has 15 heavy (non-hydrogen) atoms. The lowest BCUT2D eigenvalue weighted by Gasteiger charge is -2.00. The Morgan fingerprint density at radius 3 is 2.93 bits per heavy atom. The summed E-state index contributed by atoms with van der Waals surface area (Å²) in [6.07, 6.45) is 0. The molecule has 2 nitrogen and oxygen atoms in total. The van der Waals surface area contributed by atoms with Gasteiger partial charge in [-0.15, -0.1) is 11.3 Å². The molecule has 0 spiro atoms. The van der Waals surface area contributed by atoms with Crippen molar-refractivity contribution in [1.29, 1.82) is 0 Å². The molecule has 1 N–H and O–H groups in total. The normalized spacial score (nSPS) is 10.6. The van der Waals surface area contributed by atoms with Crippen LogP contribution in [0.4, 0.5) is 0 Å². The lowest BCUT2D eigenvalue weighted by atomic mass is 10.1. The second-order valence-corrected chi connectivity index (χ2v) is 5.63. The quantitative estimate of drug-likeness (QED) is 0.917. The third kappa shape index (κ3) is 2.27. The van der Waals surface area contributed by atoms with Gasteiger partial charge in [-0.25, -0.2) is 4.98 Å². The Morgan fingerprint density at radius 1 is 1.47 bits per heavy atom. The van der Waals surface area contributed by atoms with E-state index in [0.717, 1.165) is 20.1 Å². The van der Waals surface area contributed by atoms with Crippen LogP contribution in [0, 0.1) is 6.92 Å². The van der Waals surface area contributed by atoms with Crippen LogP contribution in [0.15, 0.2) is 28.2 Å². The predicted molar refractivity (Wildman–Crippen MR) is 65.9 cm³/mol. The van der Waals surface area contributed by atoms with Gasteiger partial charge in [0, 0.05) is 5.56 Å². The second-order valence-electron chi connectivity index (χ2n) is 3.27. The summed E-state index contributed by atoms with van der Waals surface area (Å²) in [7, 11) is 0. The smallest absolute Gasteiger partial charge is 0.160 e. The van der Waals surface area contributed by atoms with Crippen molar-refractivity contribution in [3.63, 3.8) is 0 Å². The number of hydrogen-bond acceptors (Lipinski definition) is 3. The van der Waals surface area contributed by atoms with Gasteiger partial charge in [-0.3, -0.25) is 0 Å². The first-order chi connectivity index (χ1) is 7.20. The number of aliphatic hydroxyl groups is 1. The molecule has 0 saturated heterocycles. The van der Waals surface area contributed by atoms with E-state index in [2.05, 4.69) is 27.0 Å². The first kappa shape index (κ1) is 10.8. The van der Waals surface area contributed by atoms with Crippen molar-refractivity contribution in [2.24, 2.45) is 0 Å². The number of rotatable bonds is 2. The number of nitrogens with zero attached hydrogens (tertiary/aromatic N) is 1. The second kappa shape index (κ2) is 4.43. The first-order valence-electron chi connectivity index (χ1n) is 4.54. The summed E-state index contributed by atoms with van der Waals surface area (Å²) in [5.41, 5.74) is 3.12. The topological polar surface area (TPSA) is 33.1 Å². The van der Waals surface area contributed by atoms with E-state index < -0.39 is 0 Å². The highest BCUT2D eigenvalue weighted by Crippen LogP contribution is 2.31. The molecule has 0 aliphatic rings. The van der Waals surface area contributed by atoms with Crippen LogP contribution in [-0.4, -0.2) is 10.1 Å². The zero-order chi connectivity index (χ0) is 10.8. The van der Waals surface area contributed by atoms with E-state index in [4.69, 9.17) is 0 Å². The van der Waals surface area contributed by atoms with Crippen molar-refractivity contribution in [3.05, 3.63) is 38.6 Å². The minimum Gasteiger partial charge on any atom is -0.391 e.